The molecule has 2 N–H and O–H groups in total. The van der Waals surface area contributed by atoms with Gasteiger partial charge in [-0.05, 0) is 43.5 Å². The second-order valence-electron chi connectivity index (χ2n) is 6.08. The fraction of sp³-hybridized carbons (Fsp3) is 0.438. The third-order valence-electron chi connectivity index (χ3n) is 4.33. The van der Waals surface area contributed by atoms with Gasteiger partial charge in [-0.15, -0.1) is 12.4 Å². The molecule has 25 heavy (non-hydrogen) atoms. The molecule has 1 atom stereocenters. The average molecular weight is 389 g/mol. The molecule has 2 aromatic rings. The number of benzene rings is 1. The Bertz CT molecular complexity index is 840. The quantitative estimate of drug-likeness (QED) is 0.870. The van der Waals surface area contributed by atoms with Gasteiger partial charge >= 0.3 is 0 Å². The van der Waals surface area contributed by atoms with E-state index in [1.807, 2.05) is 6.92 Å². The van der Waals surface area contributed by atoms with Crippen molar-refractivity contribution in [3.63, 3.8) is 0 Å². The largest absolute Gasteiger partial charge is 0.329 e. The van der Waals surface area contributed by atoms with Crippen LogP contribution >= 0.6 is 12.4 Å². The van der Waals surface area contributed by atoms with Crippen molar-refractivity contribution in [2.45, 2.75) is 37.1 Å². The molecule has 1 unspecified atom stereocenters. The first kappa shape index (κ1) is 19.8. The maximum absolute atomic E-state index is 14.5. The summed E-state index contributed by atoms with van der Waals surface area (Å²) in [6.07, 6.45) is 5.79. The topological polar surface area (TPSA) is 81.2 Å². The molecule has 0 radical (unpaired) electrons. The third-order valence-corrected chi connectivity index (χ3v) is 6.28. The molecule has 1 aliphatic rings. The number of aryl methyl sites for hydroxylation is 1. The van der Waals surface area contributed by atoms with Crippen LogP contribution in [0, 0.1) is 12.7 Å². The minimum atomic E-state index is -3.76. The van der Waals surface area contributed by atoms with E-state index >= 15 is 0 Å². The number of halogens is 2. The lowest BCUT2D eigenvalue weighted by Crippen LogP contribution is -2.47. The zero-order valence-electron chi connectivity index (χ0n) is 13.9. The van der Waals surface area contributed by atoms with Crippen molar-refractivity contribution in [3.05, 3.63) is 42.0 Å². The number of rotatable bonds is 4. The lowest BCUT2D eigenvalue weighted by molar-refractivity contribution is 0.257. The van der Waals surface area contributed by atoms with Crippen LogP contribution in [0.15, 0.2) is 35.5 Å². The van der Waals surface area contributed by atoms with Gasteiger partial charge in [0.15, 0.2) is 0 Å². The van der Waals surface area contributed by atoms with Crippen molar-refractivity contribution in [2.24, 2.45) is 5.73 Å². The minimum Gasteiger partial charge on any atom is -0.329 e. The maximum atomic E-state index is 14.5. The zero-order valence-corrected chi connectivity index (χ0v) is 15.6. The van der Waals surface area contributed by atoms with E-state index in [0.717, 1.165) is 30.9 Å². The molecule has 0 aliphatic carbocycles. The van der Waals surface area contributed by atoms with Gasteiger partial charge in [-0.25, -0.2) is 17.5 Å². The van der Waals surface area contributed by atoms with Crippen LogP contribution in [0.5, 0.6) is 0 Å². The molecule has 0 spiro atoms. The minimum absolute atomic E-state index is 0. The zero-order chi connectivity index (χ0) is 17.3. The Balaban J connectivity index is 0.00000225. The first-order chi connectivity index (χ1) is 11.4. The van der Waals surface area contributed by atoms with Crippen LogP contribution in [0.2, 0.25) is 0 Å². The van der Waals surface area contributed by atoms with Crippen molar-refractivity contribution in [1.82, 2.24) is 14.1 Å². The van der Waals surface area contributed by atoms with Crippen LogP contribution in [-0.4, -0.2) is 41.6 Å². The Morgan fingerprint density at radius 2 is 2.12 bits per heavy atom. The van der Waals surface area contributed by atoms with Crippen LogP contribution in [0.4, 0.5) is 4.39 Å². The van der Waals surface area contributed by atoms with E-state index in [0.29, 0.717) is 6.54 Å². The predicted molar refractivity (Wildman–Crippen MR) is 96.1 cm³/mol. The van der Waals surface area contributed by atoms with Gasteiger partial charge in [0.05, 0.1) is 11.1 Å². The molecule has 6 nitrogen and oxygen atoms in total. The number of piperidine rings is 1. The van der Waals surface area contributed by atoms with Crippen molar-refractivity contribution in [2.75, 3.05) is 13.1 Å². The first-order valence-electron chi connectivity index (χ1n) is 7.96. The normalized spacial score (nSPS) is 18.8. The summed E-state index contributed by atoms with van der Waals surface area (Å²) in [4.78, 5) is -0.0482. The van der Waals surface area contributed by atoms with Gasteiger partial charge in [0, 0.05) is 25.3 Å². The maximum Gasteiger partial charge on any atom is 0.243 e. The Hall–Kier alpha value is -1.48. The molecule has 0 saturated carbocycles. The Kier molecular flexibility index (Phi) is 6.21. The predicted octanol–water partition coefficient (Wildman–Crippen LogP) is 2.24. The summed E-state index contributed by atoms with van der Waals surface area (Å²) < 4.78 is 42.9. The highest BCUT2D eigenvalue weighted by Crippen LogP contribution is 2.26. The van der Waals surface area contributed by atoms with E-state index in [-0.39, 0.29) is 35.6 Å². The van der Waals surface area contributed by atoms with Gasteiger partial charge in [0.25, 0.3) is 0 Å². The van der Waals surface area contributed by atoms with Crippen molar-refractivity contribution in [3.8, 4) is 5.69 Å². The molecule has 1 aromatic carbocycles. The second-order valence-corrected chi connectivity index (χ2v) is 7.97. The van der Waals surface area contributed by atoms with E-state index in [2.05, 4.69) is 5.10 Å². The summed E-state index contributed by atoms with van der Waals surface area (Å²) >= 11 is 0. The average Bonchev–Trinajstić information content (AvgIpc) is 3.00. The standard InChI is InChI=1S/C16H21FN4O2S.ClH/c1-12-10-19-20(11-12)16-6-5-14(8-15(16)17)24(22,23)21-7-3-2-4-13(21)9-18;/h5-6,8,10-11,13H,2-4,7,9,18H2,1H3;1H. The third kappa shape index (κ3) is 3.87. The fourth-order valence-electron chi connectivity index (χ4n) is 3.04. The van der Waals surface area contributed by atoms with Gasteiger partial charge < -0.3 is 5.73 Å². The molecule has 1 saturated heterocycles. The molecule has 0 bridgehead atoms. The monoisotopic (exact) mass is 388 g/mol. The lowest BCUT2D eigenvalue weighted by Gasteiger charge is -2.33. The first-order valence-corrected chi connectivity index (χ1v) is 9.40. The van der Waals surface area contributed by atoms with Gasteiger partial charge in [-0.3, -0.25) is 0 Å². The van der Waals surface area contributed by atoms with Crippen LogP contribution in [0.25, 0.3) is 5.69 Å². The molecular weight excluding hydrogens is 367 g/mol. The van der Waals surface area contributed by atoms with Gasteiger partial charge in [0.1, 0.15) is 11.5 Å². The molecule has 1 aromatic heterocycles. The van der Waals surface area contributed by atoms with E-state index < -0.39 is 15.8 Å². The van der Waals surface area contributed by atoms with Gasteiger partial charge in [-0.2, -0.15) is 9.40 Å². The lowest BCUT2D eigenvalue weighted by atomic mass is 10.1. The number of nitrogens with zero attached hydrogens (tertiary/aromatic N) is 3. The molecule has 1 aliphatic heterocycles. The summed E-state index contributed by atoms with van der Waals surface area (Å²) in [5, 5.41) is 4.05. The number of aromatic nitrogens is 2. The fourth-order valence-corrected chi connectivity index (χ4v) is 4.76. The number of nitrogens with two attached hydrogens (primary N) is 1. The highest BCUT2D eigenvalue weighted by Gasteiger charge is 2.33. The van der Waals surface area contributed by atoms with Crippen molar-refractivity contribution < 1.29 is 12.8 Å². The summed E-state index contributed by atoms with van der Waals surface area (Å²) in [5.41, 5.74) is 6.82. The van der Waals surface area contributed by atoms with E-state index in [9.17, 15) is 12.8 Å². The van der Waals surface area contributed by atoms with Gasteiger partial charge in [0.2, 0.25) is 10.0 Å². The summed E-state index contributed by atoms with van der Waals surface area (Å²) in [6.45, 7) is 2.54. The molecule has 3 rings (SSSR count). The van der Waals surface area contributed by atoms with E-state index in [1.165, 1.54) is 21.1 Å². The Labute approximate surface area is 153 Å². The second kappa shape index (κ2) is 7.82. The summed E-state index contributed by atoms with van der Waals surface area (Å²) in [5.74, 6) is -0.625. The van der Waals surface area contributed by atoms with Crippen molar-refractivity contribution in [1.29, 1.82) is 0 Å². The molecule has 9 heteroatoms. The summed E-state index contributed by atoms with van der Waals surface area (Å²) in [7, 11) is -3.76. The number of sulfonamides is 1. The molecule has 1 fully saturated rings. The van der Waals surface area contributed by atoms with E-state index in [1.54, 1.807) is 12.4 Å². The summed E-state index contributed by atoms with van der Waals surface area (Å²) in [6, 6.07) is 3.70. The Morgan fingerprint density at radius 1 is 1.36 bits per heavy atom. The van der Waals surface area contributed by atoms with Crippen LogP contribution in [0.3, 0.4) is 0 Å². The van der Waals surface area contributed by atoms with E-state index in [4.69, 9.17) is 5.73 Å². The van der Waals surface area contributed by atoms with Crippen LogP contribution < -0.4 is 5.73 Å². The van der Waals surface area contributed by atoms with Crippen LogP contribution in [0.1, 0.15) is 24.8 Å². The SMILES string of the molecule is Cc1cnn(-c2ccc(S(=O)(=O)N3CCCCC3CN)cc2F)c1.Cl. The highest BCUT2D eigenvalue weighted by molar-refractivity contribution is 7.89. The molecule has 2 heterocycles. The smallest absolute Gasteiger partial charge is 0.243 e. The van der Waals surface area contributed by atoms with Crippen molar-refractivity contribution >= 4 is 22.4 Å². The van der Waals surface area contributed by atoms with Crippen LogP contribution in [-0.2, 0) is 10.0 Å². The highest BCUT2D eigenvalue weighted by atomic mass is 35.5. The molecule has 138 valence electrons. The Morgan fingerprint density at radius 3 is 2.72 bits per heavy atom. The molecule has 0 amide bonds. The van der Waals surface area contributed by atoms with Gasteiger partial charge in [-0.1, -0.05) is 6.42 Å². The number of hydrogen-bond acceptors (Lipinski definition) is 4. The number of hydrogen-bond donors (Lipinski definition) is 1. The molecular formula is C16H22ClFN4O2S.